The van der Waals surface area contributed by atoms with E-state index in [0.717, 1.165) is 25.7 Å². The highest BCUT2D eigenvalue weighted by atomic mass is 32.2. The smallest absolute Gasteiger partial charge is 0.309 e. The molecule has 1 aromatic carbocycles. The topological polar surface area (TPSA) is 102 Å². The molecule has 0 unspecified atom stereocenters. The molecule has 0 bridgehead atoms. The quantitative estimate of drug-likeness (QED) is 0.591. The van der Waals surface area contributed by atoms with Gasteiger partial charge in [-0.3, -0.25) is 9.59 Å². The van der Waals surface area contributed by atoms with Gasteiger partial charge in [0.05, 0.1) is 17.4 Å². The lowest BCUT2D eigenvalue weighted by molar-refractivity contribution is -0.149. The van der Waals surface area contributed by atoms with Gasteiger partial charge in [0.15, 0.2) is 6.10 Å². The van der Waals surface area contributed by atoms with Gasteiger partial charge in [0.1, 0.15) is 5.75 Å². The number of carbonyl (C=O) groups excluding carboxylic acids is 2. The number of esters is 1. The van der Waals surface area contributed by atoms with Crippen LogP contribution in [0.15, 0.2) is 29.2 Å². The van der Waals surface area contributed by atoms with Crippen molar-refractivity contribution in [3.63, 3.8) is 0 Å². The third kappa shape index (κ3) is 6.22. The molecule has 1 saturated carbocycles. The van der Waals surface area contributed by atoms with Crippen LogP contribution in [0.5, 0.6) is 5.75 Å². The van der Waals surface area contributed by atoms with E-state index in [0.29, 0.717) is 25.2 Å². The fourth-order valence-electron chi connectivity index (χ4n) is 4.25. The Morgan fingerprint density at radius 2 is 1.69 bits per heavy atom. The van der Waals surface area contributed by atoms with Crippen LogP contribution < -0.4 is 10.1 Å². The van der Waals surface area contributed by atoms with Crippen molar-refractivity contribution in [3.8, 4) is 5.75 Å². The molecule has 1 aliphatic carbocycles. The van der Waals surface area contributed by atoms with E-state index in [1.807, 2.05) is 0 Å². The minimum absolute atomic E-state index is 0.155. The molecular weight excluding hydrogens is 432 g/mol. The van der Waals surface area contributed by atoms with Gasteiger partial charge in [-0.1, -0.05) is 19.3 Å². The summed E-state index contributed by atoms with van der Waals surface area (Å²) in [5, 5.41) is 3.04. The van der Waals surface area contributed by atoms with E-state index in [-0.39, 0.29) is 41.8 Å². The van der Waals surface area contributed by atoms with Gasteiger partial charge < -0.3 is 14.8 Å². The van der Waals surface area contributed by atoms with Crippen LogP contribution in [-0.2, 0) is 24.3 Å². The maximum atomic E-state index is 13.0. The summed E-state index contributed by atoms with van der Waals surface area (Å²) < 4.78 is 38.1. The van der Waals surface area contributed by atoms with Crippen molar-refractivity contribution in [2.75, 3.05) is 19.7 Å². The normalized spacial score (nSPS) is 19.8. The predicted molar refractivity (Wildman–Crippen MR) is 120 cm³/mol. The zero-order chi connectivity index (χ0) is 23.1. The first-order valence-electron chi connectivity index (χ1n) is 11.5. The lowest BCUT2D eigenvalue weighted by Gasteiger charge is -2.30. The van der Waals surface area contributed by atoms with Crippen molar-refractivity contribution in [2.45, 2.75) is 75.8 Å². The number of sulfonamides is 1. The maximum absolute atomic E-state index is 13.0. The highest BCUT2D eigenvalue weighted by Crippen LogP contribution is 2.26. The maximum Gasteiger partial charge on any atom is 0.309 e. The molecule has 2 aliphatic rings. The van der Waals surface area contributed by atoms with Crippen LogP contribution in [0.1, 0.15) is 58.8 Å². The number of nitrogens with one attached hydrogen (secondary N) is 1. The Balaban J connectivity index is 1.54. The van der Waals surface area contributed by atoms with E-state index < -0.39 is 16.1 Å². The minimum Gasteiger partial charge on any atom is -0.481 e. The van der Waals surface area contributed by atoms with Gasteiger partial charge in [0.2, 0.25) is 10.0 Å². The molecule has 2 fully saturated rings. The zero-order valence-corrected chi connectivity index (χ0v) is 19.7. The predicted octanol–water partition coefficient (Wildman–Crippen LogP) is 2.87. The molecule has 0 radical (unpaired) electrons. The van der Waals surface area contributed by atoms with Crippen molar-refractivity contribution in [3.05, 3.63) is 24.3 Å². The van der Waals surface area contributed by atoms with E-state index in [1.54, 1.807) is 26.0 Å². The summed E-state index contributed by atoms with van der Waals surface area (Å²) in [5.41, 5.74) is 0. The molecule has 178 valence electrons. The Kier molecular flexibility index (Phi) is 8.53. The molecule has 1 N–H and O–H groups in total. The van der Waals surface area contributed by atoms with Gasteiger partial charge in [-0.15, -0.1) is 0 Å². The molecule has 1 heterocycles. The number of hydrogen-bond acceptors (Lipinski definition) is 6. The molecule has 32 heavy (non-hydrogen) atoms. The monoisotopic (exact) mass is 466 g/mol. The number of nitrogens with zero attached hydrogens (tertiary/aromatic N) is 1. The van der Waals surface area contributed by atoms with Gasteiger partial charge in [0, 0.05) is 19.1 Å². The molecule has 1 atom stereocenters. The van der Waals surface area contributed by atoms with Gasteiger partial charge >= 0.3 is 5.97 Å². The average molecular weight is 467 g/mol. The molecule has 1 amide bonds. The Labute approximate surface area is 190 Å². The van der Waals surface area contributed by atoms with E-state index in [9.17, 15) is 18.0 Å². The van der Waals surface area contributed by atoms with Crippen molar-refractivity contribution in [2.24, 2.45) is 5.92 Å². The van der Waals surface area contributed by atoms with Crippen LogP contribution in [0.3, 0.4) is 0 Å². The van der Waals surface area contributed by atoms with Crippen LogP contribution >= 0.6 is 0 Å². The summed E-state index contributed by atoms with van der Waals surface area (Å²) in [4.78, 5) is 24.4. The highest BCUT2D eigenvalue weighted by molar-refractivity contribution is 7.89. The molecule has 0 aromatic heterocycles. The van der Waals surface area contributed by atoms with Gasteiger partial charge in [-0.05, 0) is 63.8 Å². The van der Waals surface area contributed by atoms with Gasteiger partial charge in [-0.25, -0.2) is 8.42 Å². The van der Waals surface area contributed by atoms with E-state index in [4.69, 9.17) is 9.47 Å². The first kappa shape index (κ1) is 24.5. The Hall–Kier alpha value is -2.13. The first-order valence-corrected chi connectivity index (χ1v) is 13.0. The Morgan fingerprint density at radius 1 is 1.06 bits per heavy atom. The zero-order valence-electron chi connectivity index (χ0n) is 18.9. The number of rotatable bonds is 8. The number of amides is 1. The largest absolute Gasteiger partial charge is 0.481 e. The lowest BCUT2D eigenvalue weighted by Crippen LogP contribution is -2.43. The van der Waals surface area contributed by atoms with Gasteiger partial charge in [0.25, 0.3) is 5.91 Å². The molecule has 0 spiro atoms. The van der Waals surface area contributed by atoms with Crippen LogP contribution in [0.4, 0.5) is 0 Å². The van der Waals surface area contributed by atoms with Gasteiger partial charge in [-0.2, -0.15) is 4.31 Å². The van der Waals surface area contributed by atoms with Crippen molar-refractivity contribution >= 4 is 21.9 Å². The van der Waals surface area contributed by atoms with Crippen molar-refractivity contribution in [1.82, 2.24) is 9.62 Å². The standard InChI is InChI=1S/C23H34N2O6S/c1-3-30-23(27)18-13-15-25(16-14-18)32(28,29)21-11-9-20(10-12-21)31-17(2)22(26)24-19-7-5-4-6-8-19/h9-12,17-19H,3-8,13-16H2,1-2H3,(H,24,26)/t17-/m0/s1. The third-order valence-electron chi connectivity index (χ3n) is 6.17. The fraction of sp³-hybridized carbons (Fsp3) is 0.652. The molecule has 1 saturated heterocycles. The van der Waals surface area contributed by atoms with Crippen LogP contribution in [-0.4, -0.2) is 56.4 Å². The third-order valence-corrected chi connectivity index (χ3v) is 8.08. The molecule has 1 aromatic rings. The van der Waals surface area contributed by atoms with E-state index in [2.05, 4.69) is 5.32 Å². The lowest BCUT2D eigenvalue weighted by atomic mass is 9.95. The van der Waals surface area contributed by atoms with E-state index in [1.165, 1.54) is 22.9 Å². The van der Waals surface area contributed by atoms with Crippen LogP contribution in [0.2, 0.25) is 0 Å². The SMILES string of the molecule is CCOC(=O)C1CCN(S(=O)(=O)c2ccc(O[C@@H](C)C(=O)NC3CCCCC3)cc2)CC1. The molecule has 8 nitrogen and oxygen atoms in total. The second-order valence-electron chi connectivity index (χ2n) is 8.51. The summed E-state index contributed by atoms with van der Waals surface area (Å²) in [6.07, 6.45) is 5.73. The summed E-state index contributed by atoms with van der Waals surface area (Å²) in [5.74, 6) is -0.222. The number of carbonyl (C=O) groups is 2. The highest BCUT2D eigenvalue weighted by Gasteiger charge is 2.32. The first-order chi connectivity index (χ1) is 15.3. The summed E-state index contributed by atoms with van der Waals surface area (Å²) >= 11 is 0. The van der Waals surface area contributed by atoms with Crippen molar-refractivity contribution in [1.29, 1.82) is 0 Å². The summed E-state index contributed by atoms with van der Waals surface area (Å²) in [6.45, 7) is 4.34. The number of ether oxygens (including phenoxy) is 2. The molecule has 1 aliphatic heterocycles. The molecular formula is C23H34N2O6S. The minimum atomic E-state index is -3.66. The number of benzene rings is 1. The second kappa shape index (κ2) is 11.1. The van der Waals surface area contributed by atoms with E-state index >= 15 is 0 Å². The Morgan fingerprint density at radius 3 is 2.28 bits per heavy atom. The average Bonchev–Trinajstić information content (AvgIpc) is 2.80. The molecule has 9 heteroatoms. The van der Waals surface area contributed by atoms with Crippen molar-refractivity contribution < 1.29 is 27.5 Å². The van der Waals surface area contributed by atoms with Crippen LogP contribution in [0.25, 0.3) is 0 Å². The summed E-state index contributed by atoms with van der Waals surface area (Å²) in [6, 6.07) is 6.34. The summed E-state index contributed by atoms with van der Waals surface area (Å²) in [7, 11) is -3.66. The Bertz CT molecular complexity index is 872. The second-order valence-corrected chi connectivity index (χ2v) is 10.4. The number of piperidine rings is 1. The fourth-order valence-corrected chi connectivity index (χ4v) is 5.72. The molecule has 3 rings (SSSR count). The number of hydrogen-bond donors (Lipinski definition) is 1. The van der Waals surface area contributed by atoms with Crippen LogP contribution in [0, 0.1) is 5.92 Å².